The third-order valence-electron chi connectivity index (χ3n) is 5.06. The number of fused-ring (bicyclic) bond motifs is 1. The first-order valence-corrected chi connectivity index (χ1v) is 10.8. The smallest absolute Gasteiger partial charge is 0.258 e. The fraction of sp³-hybridized carbons (Fsp3) is 0.381. The van der Waals surface area contributed by atoms with Crippen molar-refractivity contribution in [2.75, 3.05) is 24.5 Å². The molecule has 3 rings (SSSR count). The first kappa shape index (κ1) is 19.6. The van der Waals surface area contributed by atoms with Gasteiger partial charge in [-0.05, 0) is 55.7 Å². The molecule has 6 heteroatoms. The summed E-state index contributed by atoms with van der Waals surface area (Å²) in [6, 6.07) is 12.7. The number of nitrogens with zero attached hydrogens (tertiary/aromatic N) is 2. The lowest BCUT2D eigenvalue weighted by Crippen LogP contribution is -2.36. The van der Waals surface area contributed by atoms with E-state index in [4.69, 9.17) is 0 Å². The lowest BCUT2D eigenvalue weighted by atomic mass is 10.0. The van der Waals surface area contributed by atoms with E-state index in [0.717, 1.165) is 29.7 Å². The van der Waals surface area contributed by atoms with Gasteiger partial charge in [0.15, 0.2) is 0 Å². The Morgan fingerprint density at radius 1 is 1.07 bits per heavy atom. The second-order valence-electron chi connectivity index (χ2n) is 6.81. The number of benzene rings is 2. The molecule has 0 aromatic heterocycles. The van der Waals surface area contributed by atoms with Crippen molar-refractivity contribution in [3.05, 3.63) is 59.2 Å². The van der Waals surface area contributed by atoms with Crippen molar-refractivity contribution in [1.82, 2.24) is 4.31 Å². The van der Waals surface area contributed by atoms with Crippen LogP contribution >= 0.6 is 0 Å². The van der Waals surface area contributed by atoms with E-state index in [2.05, 4.69) is 0 Å². The highest BCUT2D eigenvalue weighted by atomic mass is 32.2. The highest BCUT2D eigenvalue weighted by Gasteiger charge is 2.27. The third kappa shape index (κ3) is 3.77. The molecule has 144 valence electrons. The largest absolute Gasteiger partial charge is 0.308 e. The van der Waals surface area contributed by atoms with Crippen molar-refractivity contribution < 1.29 is 13.2 Å². The maximum Gasteiger partial charge on any atom is 0.258 e. The second kappa shape index (κ2) is 7.82. The monoisotopic (exact) mass is 386 g/mol. The van der Waals surface area contributed by atoms with E-state index in [9.17, 15) is 13.2 Å². The van der Waals surface area contributed by atoms with Crippen LogP contribution in [-0.4, -0.2) is 38.3 Å². The summed E-state index contributed by atoms with van der Waals surface area (Å²) < 4.78 is 27.0. The molecule has 0 spiro atoms. The molecule has 0 saturated carbocycles. The predicted octanol–water partition coefficient (Wildman–Crippen LogP) is 3.62. The standard InChI is InChI=1S/C21H26N2O3S/c1-4-22(5-2)27(25,26)19-12-13-20-18(15-19)7-6-14-23(20)21(24)17-10-8-16(3)9-11-17/h8-13,15H,4-7,14H2,1-3H3. The Hall–Kier alpha value is -2.18. The zero-order valence-electron chi connectivity index (χ0n) is 16.1. The highest BCUT2D eigenvalue weighted by Crippen LogP contribution is 2.31. The Kier molecular flexibility index (Phi) is 5.67. The predicted molar refractivity (Wildman–Crippen MR) is 108 cm³/mol. The number of aryl methyl sites for hydroxylation is 2. The number of hydrogen-bond donors (Lipinski definition) is 0. The van der Waals surface area contributed by atoms with Crippen LogP contribution < -0.4 is 4.90 Å². The Morgan fingerprint density at radius 3 is 2.37 bits per heavy atom. The second-order valence-corrected chi connectivity index (χ2v) is 8.74. The topological polar surface area (TPSA) is 57.7 Å². The molecular formula is C21H26N2O3S. The lowest BCUT2D eigenvalue weighted by Gasteiger charge is -2.30. The van der Waals surface area contributed by atoms with Crippen molar-refractivity contribution in [2.24, 2.45) is 0 Å². The third-order valence-corrected chi connectivity index (χ3v) is 7.10. The minimum Gasteiger partial charge on any atom is -0.308 e. The molecule has 1 aliphatic rings. The Labute approximate surface area is 161 Å². The molecular weight excluding hydrogens is 360 g/mol. The summed E-state index contributed by atoms with van der Waals surface area (Å²) >= 11 is 0. The summed E-state index contributed by atoms with van der Waals surface area (Å²) in [5, 5.41) is 0. The van der Waals surface area contributed by atoms with E-state index in [-0.39, 0.29) is 5.91 Å². The SMILES string of the molecule is CCN(CC)S(=O)(=O)c1ccc2c(c1)CCCN2C(=O)c1ccc(C)cc1. The van der Waals surface area contributed by atoms with Crippen molar-refractivity contribution in [2.45, 2.75) is 38.5 Å². The minimum absolute atomic E-state index is 0.0460. The van der Waals surface area contributed by atoms with Gasteiger partial charge in [0.05, 0.1) is 4.90 Å². The van der Waals surface area contributed by atoms with Gasteiger partial charge in [0.25, 0.3) is 5.91 Å². The molecule has 27 heavy (non-hydrogen) atoms. The van der Waals surface area contributed by atoms with Crippen molar-refractivity contribution in [3.63, 3.8) is 0 Å². The number of sulfonamides is 1. The van der Waals surface area contributed by atoms with Crippen LogP contribution in [0.25, 0.3) is 0 Å². The Bertz CT molecular complexity index is 932. The van der Waals surface area contributed by atoms with Gasteiger partial charge in [0.2, 0.25) is 10.0 Å². The summed E-state index contributed by atoms with van der Waals surface area (Å²) in [6.45, 7) is 7.18. The molecule has 1 aliphatic heterocycles. The van der Waals surface area contributed by atoms with Crippen LogP contribution in [0.2, 0.25) is 0 Å². The van der Waals surface area contributed by atoms with Gasteiger partial charge in [-0.1, -0.05) is 31.5 Å². The van der Waals surface area contributed by atoms with Crippen LogP contribution in [0.15, 0.2) is 47.4 Å². The van der Waals surface area contributed by atoms with E-state index in [1.165, 1.54) is 4.31 Å². The van der Waals surface area contributed by atoms with E-state index in [1.807, 2.05) is 45.0 Å². The molecule has 0 atom stereocenters. The number of carbonyl (C=O) groups is 1. The van der Waals surface area contributed by atoms with E-state index >= 15 is 0 Å². The number of anilines is 1. The van der Waals surface area contributed by atoms with Gasteiger partial charge in [-0.25, -0.2) is 8.42 Å². The average Bonchev–Trinajstić information content (AvgIpc) is 2.68. The first-order chi connectivity index (χ1) is 12.9. The molecule has 0 radical (unpaired) electrons. The van der Waals surface area contributed by atoms with Gasteiger partial charge in [-0.15, -0.1) is 0 Å². The first-order valence-electron chi connectivity index (χ1n) is 9.40. The summed E-state index contributed by atoms with van der Waals surface area (Å²) in [5.74, 6) is -0.0460. The van der Waals surface area contributed by atoms with Crippen molar-refractivity contribution >= 4 is 21.6 Å². The van der Waals surface area contributed by atoms with Crippen LogP contribution in [0.3, 0.4) is 0 Å². The zero-order chi connectivity index (χ0) is 19.6. The molecule has 1 amide bonds. The maximum atomic E-state index is 13.0. The van der Waals surface area contributed by atoms with Crippen LogP contribution in [0, 0.1) is 6.92 Å². The van der Waals surface area contributed by atoms with Gasteiger partial charge >= 0.3 is 0 Å². The highest BCUT2D eigenvalue weighted by molar-refractivity contribution is 7.89. The van der Waals surface area contributed by atoms with Crippen LogP contribution in [-0.2, 0) is 16.4 Å². The molecule has 1 heterocycles. The van der Waals surface area contributed by atoms with Gasteiger partial charge in [0.1, 0.15) is 0 Å². The minimum atomic E-state index is -3.50. The molecule has 0 N–H and O–H groups in total. The van der Waals surface area contributed by atoms with Crippen molar-refractivity contribution in [1.29, 1.82) is 0 Å². The summed E-state index contributed by atoms with van der Waals surface area (Å²) in [5.41, 5.74) is 3.48. The normalized spacial score (nSPS) is 14.3. The Morgan fingerprint density at radius 2 is 1.74 bits per heavy atom. The molecule has 0 unspecified atom stereocenters. The quantitative estimate of drug-likeness (QED) is 0.789. The Balaban J connectivity index is 1.95. The van der Waals surface area contributed by atoms with E-state index < -0.39 is 10.0 Å². The van der Waals surface area contributed by atoms with Crippen LogP contribution in [0.4, 0.5) is 5.69 Å². The van der Waals surface area contributed by atoms with E-state index in [1.54, 1.807) is 23.1 Å². The molecule has 2 aromatic rings. The van der Waals surface area contributed by atoms with Crippen molar-refractivity contribution in [3.8, 4) is 0 Å². The van der Waals surface area contributed by atoms with Crippen LogP contribution in [0.5, 0.6) is 0 Å². The molecule has 0 saturated heterocycles. The van der Waals surface area contributed by atoms with Gasteiger partial charge in [-0.2, -0.15) is 4.31 Å². The van der Waals surface area contributed by atoms with E-state index in [0.29, 0.717) is 30.1 Å². The van der Waals surface area contributed by atoms with Gasteiger partial charge < -0.3 is 4.90 Å². The fourth-order valence-corrected chi connectivity index (χ4v) is 5.02. The molecule has 5 nitrogen and oxygen atoms in total. The number of rotatable bonds is 5. The lowest BCUT2D eigenvalue weighted by molar-refractivity contribution is 0.0985. The summed E-state index contributed by atoms with van der Waals surface area (Å²) in [6.07, 6.45) is 1.59. The van der Waals surface area contributed by atoms with Crippen LogP contribution in [0.1, 0.15) is 41.8 Å². The maximum absolute atomic E-state index is 13.0. The molecule has 0 aliphatic carbocycles. The number of carbonyl (C=O) groups excluding carboxylic acids is 1. The zero-order valence-corrected chi connectivity index (χ0v) is 16.9. The molecule has 0 bridgehead atoms. The molecule has 2 aromatic carbocycles. The molecule has 0 fully saturated rings. The van der Waals surface area contributed by atoms with Gasteiger partial charge in [-0.3, -0.25) is 4.79 Å². The summed E-state index contributed by atoms with van der Waals surface area (Å²) in [4.78, 5) is 15.0. The fourth-order valence-electron chi connectivity index (χ4n) is 3.51. The van der Waals surface area contributed by atoms with Gasteiger partial charge in [0, 0.05) is 30.9 Å². The average molecular weight is 387 g/mol. The summed E-state index contributed by atoms with van der Waals surface area (Å²) in [7, 11) is -3.50. The number of amides is 1. The number of hydrogen-bond acceptors (Lipinski definition) is 3.